The molecule has 0 unspecified atom stereocenters. The van der Waals surface area contributed by atoms with Gasteiger partial charge in [0.2, 0.25) is 0 Å². The predicted octanol–water partition coefficient (Wildman–Crippen LogP) is 6.01. The lowest BCUT2D eigenvalue weighted by Crippen LogP contribution is -2.14. The molecule has 3 N–H and O–H groups in total. The Morgan fingerprint density at radius 3 is 2.56 bits per heavy atom. The summed E-state index contributed by atoms with van der Waals surface area (Å²) in [6, 6.07) is 21.2. The first kappa shape index (κ1) is 25.4. The van der Waals surface area contributed by atoms with Crippen molar-refractivity contribution in [2.24, 2.45) is 0 Å². The molecule has 7 nitrogen and oxygen atoms in total. The average molecular weight is 486 g/mol. The Kier molecular flexibility index (Phi) is 9.05. The van der Waals surface area contributed by atoms with Gasteiger partial charge in [0.15, 0.2) is 0 Å². The monoisotopic (exact) mass is 485 g/mol. The van der Waals surface area contributed by atoms with Crippen LogP contribution in [0.4, 0.5) is 5.82 Å². The molecule has 1 atom stereocenters. The van der Waals surface area contributed by atoms with E-state index in [-0.39, 0.29) is 12.0 Å². The van der Waals surface area contributed by atoms with Crippen LogP contribution in [0, 0.1) is 0 Å². The van der Waals surface area contributed by atoms with E-state index in [4.69, 9.17) is 0 Å². The number of carbonyl (C=O) groups is 1. The molecule has 188 valence electrons. The summed E-state index contributed by atoms with van der Waals surface area (Å²) < 4.78 is 4.67. The van der Waals surface area contributed by atoms with Crippen molar-refractivity contribution in [1.82, 2.24) is 20.3 Å². The zero-order valence-electron chi connectivity index (χ0n) is 21.1. The van der Waals surface area contributed by atoms with E-state index in [1.807, 2.05) is 18.2 Å². The Hall–Kier alpha value is -3.71. The number of rotatable bonds is 13. The minimum Gasteiger partial charge on any atom is -0.469 e. The number of ether oxygens (including phenoxy) is 1. The Morgan fingerprint density at radius 2 is 1.78 bits per heavy atom. The zero-order valence-corrected chi connectivity index (χ0v) is 21.1. The number of fused-ring (bicyclic) bond motifs is 1. The zero-order chi connectivity index (χ0) is 25.2. The number of carbonyl (C=O) groups excluding carboxylic acids is 1. The minimum absolute atomic E-state index is 0.119. The third-order valence-corrected chi connectivity index (χ3v) is 6.38. The maximum Gasteiger partial charge on any atom is 0.305 e. The second kappa shape index (κ2) is 12.8. The van der Waals surface area contributed by atoms with Gasteiger partial charge in [0.05, 0.1) is 12.5 Å². The summed E-state index contributed by atoms with van der Waals surface area (Å²) in [5.74, 6) is 0.705. The molecule has 0 saturated carbocycles. The van der Waals surface area contributed by atoms with Crippen LogP contribution in [-0.4, -0.2) is 34.6 Å². The van der Waals surface area contributed by atoms with Crippen molar-refractivity contribution in [1.29, 1.82) is 0 Å². The van der Waals surface area contributed by atoms with E-state index in [1.165, 1.54) is 18.2 Å². The normalized spacial score (nSPS) is 11.9. The standard InChI is InChI=1S/C29H35N5O2/c1-21(23-10-6-5-7-11-23)33-28-25-18-26(34-29(25)32-20-31-28)24-15-13-22(14-16-24)19-30-17-9-4-3-8-12-27(35)36-2/h5-7,10-11,13-16,18,20-21,30H,3-4,8-9,12,17,19H2,1-2H3,(H2,31,32,33,34)/t21-/m1/s1. The number of H-pyrrole nitrogens is 1. The molecule has 0 fully saturated rings. The smallest absolute Gasteiger partial charge is 0.305 e. The van der Waals surface area contributed by atoms with Gasteiger partial charge in [0, 0.05) is 24.7 Å². The van der Waals surface area contributed by atoms with Gasteiger partial charge < -0.3 is 20.4 Å². The number of aromatic amines is 1. The largest absolute Gasteiger partial charge is 0.469 e. The van der Waals surface area contributed by atoms with Gasteiger partial charge in [0.1, 0.15) is 17.8 Å². The number of hydrogen-bond donors (Lipinski definition) is 3. The van der Waals surface area contributed by atoms with Gasteiger partial charge in [0.25, 0.3) is 0 Å². The molecule has 2 aromatic carbocycles. The van der Waals surface area contributed by atoms with Gasteiger partial charge in [-0.3, -0.25) is 4.79 Å². The molecule has 0 saturated heterocycles. The van der Waals surface area contributed by atoms with Crippen molar-refractivity contribution in [3.8, 4) is 11.3 Å². The number of aromatic nitrogens is 3. The first-order valence-electron chi connectivity index (χ1n) is 12.7. The van der Waals surface area contributed by atoms with Crippen LogP contribution >= 0.6 is 0 Å². The van der Waals surface area contributed by atoms with Crippen LogP contribution in [-0.2, 0) is 16.1 Å². The van der Waals surface area contributed by atoms with Gasteiger partial charge in [-0.05, 0) is 49.1 Å². The highest BCUT2D eigenvalue weighted by atomic mass is 16.5. The summed E-state index contributed by atoms with van der Waals surface area (Å²) >= 11 is 0. The Balaban J connectivity index is 1.29. The summed E-state index contributed by atoms with van der Waals surface area (Å²) in [5, 5.41) is 8.01. The van der Waals surface area contributed by atoms with E-state index in [1.54, 1.807) is 6.33 Å². The van der Waals surface area contributed by atoms with Gasteiger partial charge >= 0.3 is 5.97 Å². The third kappa shape index (κ3) is 6.92. The summed E-state index contributed by atoms with van der Waals surface area (Å²) in [5.41, 5.74) is 5.42. The molecular formula is C29H35N5O2. The molecule has 0 bridgehead atoms. The highest BCUT2D eigenvalue weighted by Gasteiger charge is 2.12. The number of hydrogen-bond acceptors (Lipinski definition) is 6. The predicted molar refractivity (Wildman–Crippen MR) is 145 cm³/mol. The first-order chi connectivity index (χ1) is 17.6. The lowest BCUT2D eigenvalue weighted by atomic mass is 10.1. The van der Waals surface area contributed by atoms with Crippen molar-refractivity contribution < 1.29 is 9.53 Å². The molecule has 36 heavy (non-hydrogen) atoms. The van der Waals surface area contributed by atoms with Gasteiger partial charge in [-0.2, -0.15) is 0 Å². The summed E-state index contributed by atoms with van der Waals surface area (Å²) in [6.45, 7) is 3.94. The second-order valence-electron chi connectivity index (χ2n) is 9.06. The minimum atomic E-state index is -0.119. The van der Waals surface area contributed by atoms with E-state index >= 15 is 0 Å². The number of unbranched alkanes of at least 4 members (excludes halogenated alkanes) is 3. The average Bonchev–Trinajstić information content (AvgIpc) is 3.36. The molecule has 0 aliphatic heterocycles. The van der Waals surface area contributed by atoms with Crippen molar-refractivity contribution in [3.63, 3.8) is 0 Å². The van der Waals surface area contributed by atoms with Crippen LogP contribution in [0.1, 0.15) is 56.2 Å². The number of benzene rings is 2. The van der Waals surface area contributed by atoms with E-state index < -0.39 is 0 Å². The SMILES string of the molecule is COC(=O)CCCCCCNCc1ccc(-c2cc3c(N[C@H](C)c4ccccc4)ncnc3[nH]2)cc1. The van der Waals surface area contributed by atoms with Crippen LogP contribution in [0.25, 0.3) is 22.3 Å². The fourth-order valence-electron chi connectivity index (χ4n) is 4.25. The molecule has 0 amide bonds. The molecular weight excluding hydrogens is 450 g/mol. The topological polar surface area (TPSA) is 91.9 Å². The van der Waals surface area contributed by atoms with Crippen LogP contribution in [0.15, 0.2) is 67.0 Å². The quantitative estimate of drug-likeness (QED) is 0.159. The highest BCUT2D eigenvalue weighted by Crippen LogP contribution is 2.29. The maximum atomic E-state index is 11.1. The molecule has 2 aromatic heterocycles. The van der Waals surface area contributed by atoms with E-state index in [2.05, 4.69) is 79.7 Å². The summed E-state index contributed by atoms with van der Waals surface area (Å²) in [7, 11) is 1.44. The Bertz CT molecular complexity index is 1240. The number of nitrogens with zero attached hydrogens (tertiary/aromatic N) is 2. The van der Waals surface area contributed by atoms with Crippen molar-refractivity contribution in [2.75, 3.05) is 19.0 Å². The molecule has 0 aliphatic rings. The lowest BCUT2D eigenvalue weighted by molar-refractivity contribution is -0.140. The molecule has 0 radical (unpaired) electrons. The first-order valence-corrected chi connectivity index (χ1v) is 12.7. The van der Waals surface area contributed by atoms with Crippen LogP contribution in [0.3, 0.4) is 0 Å². The van der Waals surface area contributed by atoms with E-state index in [9.17, 15) is 4.79 Å². The van der Waals surface area contributed by atoms with Gasteiger partial charge in [-0.1, -0.05) is 67.4 Å². The molecule has 4 rings (SSSR count). The van der Waals surface area contributed by atoms with E-state index in [0.29, 0.717) is 6.42 Å². The summed E-state index contributed by atoms with van der Waals surface area (Å²) in [6.07, 6.45) is 6.29. The highest BCUT2D eigenvalue weighted by molar-refractivity contribution is 5.91. The molecule has 4 aromatic rings. The molecule has 7 heteroatoms. The van der Waals surface area contributed by atoms with Crippen molar-refractivity contribution in [2.45, 2.75) is 51.6 Å². The maximum absolute atomic E-state index is 11.1. The molecule has 0 aliphatic carbocycles. The molecule has 2 heterocycles. The van der Waals surface area contributed by atoms with E-state index in [0.717, 1.165) is 66.9 Å². The number of esters is 1. The summed E-state index contributed by atoms with van der Waals surface area (Å²) in [4.78, 5) is 23.5. The second-order valence-corrected chi connectivity index (χ2v) is 9.06. The third-order valence-electron chi connectivity index (χ3n) is 6.38. The van der Waals surface area contributed by atoms with Crippen LogP contribution < -0.4 is 10.6 Å². The fourth-order valence-corrected chi connectivity index (χ4v) is 4.25. The molecule has 0 spiro atoms. The Morgan fingerprint density at radius 1 is 1.00 bits per heavy atom. The number of methoxy groups -OCH3 is 1. The van der Waals surface area contributed by atoms with Crippen LogP contribution in [0.2, 0.25) is 0 Å². The van der Waals surface area contributed by atoms with Gasteiger partial charge in [-0.25, -0.2) is 9.97 Å². The van der Waals surface area contributed by atoms with Gasteiger partial charge in [-0.15, -0.1) is 0 Å². The van der Waals surface area contributed by atoms with Crippen molar-refractivity contribution in [3.05, 3.63) is 78.1 Å². The lowest BCUT2D eigenvalue weighted by Gasteiger charge is -2.15. The van der Waals surface area contributed by atoms with Crippen LogP contribution in [0.5, 0.6) is 0 Å². The fraction of sp³-hybridized carbons (Fsp3) is 0.345. The number of nitrogens with one attached hydrogen (secondary N) is 3. The Labute approximate surface area is 212 Å². The van der Waals surface area contributed by atoms with Crippen molar-refractivity contribution >= 4 is 22.8 Å². The number of anilines is 1.